The van der Waals surface area contributed by atoms with Gasteiger partial charge in [0.15, 0.2) is 0 Å². The number of nitrogens with zero attached hydrogens (tertiary/aromatic N) is 2. The SMILES string of the molecule is COC(CN)CC(=O)Nc1cccc(-n2ccnc2)c1. The van der Waals surface area contributed by atoms with E-state index in [1.165, 1.54) is 0 Å². The van der Waals surface area contributed by atoms with Crippen LogP contribution in [0.4, 0.5) is 5.69 Å². The van der Waals surface area contributed by atoms with Crippen molar-refractivity contribution in [2.24, 2.45) is 5.73 Å². The number of aromatic nitrogens is 2. The maximum Gasteiger partial charge on any atom is 0.227 e. The summed E-state index contributed by atoms with van der Waals surface area (Å²) in [6, 6.07) is 7.53. The van der Waals surface area contributed by atoms with Gasteiger partial charge in [-0.05, 0) is 18.2 Å². The maximum absolute atomic E-state index is 11.9. The summed E-state index contributed by atoms with van der Waals surface area (Å²) in [5.41, 5.74) is 7.16. The Bertz CT molecular complexity index is 550. The fourth-order valence-electron chi connectivity index (χ4n) is 1.84. The lowest BCUT2D eigenvalue weighted by Crippen LogP contribution is -2.28. The average Bonchev–Trinajstić information content (AvgIpc) is 2.99. The smallest absolute Gasteiger partial charge is 0.227 e. The van der Waals surface area contributed by atoms with E-state index in [0.29, 0.717) is 6.54 Å². The van der Waals surface area contributed by atoms with Gasteiger partial charge in [0.25, 0.3) is 0 Å². The first-order valence-electron chi connectivity index (χ1n) is 6.34. The number of carbonyl (C=O) groups is 1. The van der Waals surface area contributed by atoms with Gasteiger partial charge in [-0.1, -0.05) is 6.07 Å². The molecule has 0 spiro atoms. The third-order valence-corrected chi connectivity index (χ3v) is 2.94. The van der Waals surface area contributed by atoms with E-state index in [9.17, 15) is 4.79 Å². The molecule has 1 atom stereocenters. The van der Waals surface area contributed by atoms with Crippen molar-refractivity contribution >= 4 is 11.6 Å². The third-order valence-electron chi connectivity index (χ3n) is 2.94. The number of hydrogen-bond donors (Lipinski definition) is 2. The summed E-state index contributed by atoms with van der Waals surface area (Å²) >= 11 is 0. The number of anilines is 1. The Kier molecular flexibility index (Phi) is 4.86. The zero-order valence-corrected chi connectivity index (χ0v) is 11.3. The molecule has 0 saturated heterocycles. The molecule has 20 heavy (non-hydrogen) atoms. The van der Waals surface area contributed by atoms with Gasteiger partial charge in [-0.15, -0.1) is 0 Å². The maximum atomic E-state index is 11.9. The molecule has 1 aromatic heterocycles. The molecule has 106 valence electrons. The predicted octanol–water partition coefficient (Wildman–Crippen LogP) is 1.17. The van der Waals surface area contributed by atoms with Crippen LogP contribution in [0.1, 0.15) is 6.42 Å². The second-order valence-corrected chi connectivity index (χ2v) is 4.37. The lowest BCUT2D eigenvalue weighted by atomic mass is 10.2. The number of amides is 1. The summed E-state index contributed by atoms with van der Waals surface area (Å²) in [6.45, 7) is 0.318. The molecule has 0 aliphatic rings. The van der Waals surface area contributed by atoms with Crippen LogP contribution in [0.3, 0.4) is 0 Å². The van der Waals surface area contributed by atoms with Crippen molar-refractivity contribution in [1.82, 2.24) is 9.55 Å². The van der Waals surface area contributed by atoms with E-state index in [1.54, 1.807) is 19.6 Å². The van der Waals surface area contributed by atoms with E-state index in [4.69, 9.17) is 10.5 Å². The minimum Gasteiger partial charge on any atom is -0.380 e. The second kappa shape index (κ2) is 6.83. The van der Waals surface area contributed by atoms with Crippen molar-refractivity contribution in [3.8, 4) is 5.69 Å². The van der Waals surface area contributed by atoms with E-state index in [0.717, 1.165) is 11.4 Å². The molecular formula is C14H18N4O2. The molecule has 1 aromatic carbocycles. The molecule has 3 N–H and O–H groups in total. The Morgan fingerprint density at radius 1 is 1.55 bits per heavy atom. The summed E-state index contributed by atoms with van der Waals surface area (Å²) in [5.74, 6) is -0.120. The van der Waals surface area contributed by atoms with Gasteiger partial charge in [0.05, 0.1) is 18.9 Å². The molecule has 2 aromatic rings. The standard InChI is InChI=1S/C14H18N4O2/c1-20-13(9-15)8-14(19)17-11-3-2-4-12(7-11)18-6-5-16-10-18/h2-7,10,13H,8-9,15H2,1H3,(H,17,19). The normalized spacial score (nSPS) is 12.1. The Balaban J connectivity index is 2.03. The van der Waals surface area contributed by atoms with Gasteiger partial charge in [-0.25, -0.2) is 4.98 Å². The van der Waals surface area contributed by atoms with Crippen LogP contribution < -0.4 is 11.1 Å². The highest BCUT2D eigenvalue weighted by molar-refractivity contribution is 5.91. The lowest BCUT2D eigenvalue weighted by Gasteiger charge is -2.13. The fraction of sp³-hybridized carbons (Fsp3) is 0.286. The van der Waals surface area contributed by atoms with Crippen LogP contribution in [0.5, 0.6) is 0 Å². The van der Waals surface area contributed by atoms with E-state index in [-0.39, 0.29) is 18.4 Å². The molecular weight excluding hydrogens is 256 g/mol. The first-order valence-corrected chi connectivity index (χ1v) is 6.34. The zero-order valence-electron chi connectivity index (χ0n) is 11.3. The summed E-state index contributed by atoms with van der Waals surface area (Å²) in [5, 5.41) is 2.84. The van der Waals surface area contributed by atoms with Crippen LogP contribution in [0.25, 0.3) is 5.69 Å². The molecule has 0 saturated carbocycles. The van der Waals surface area contributed by atoms with E-state index in [1.807, 2.05) is 35.0 Å². The van der Waals surface area contributed by atoms with Gasteiger partial charge < -0.3 is 20.4 Å². The molecule has 1 unspecified atom stereocenters. The van der Waals surface area contributed by atoms with Crippen LogP contribution in [0.2, 0.25) is 0 Å². The van der Waals surface area contributed by atoms with E-state index < -0.39 is 0 Å². The molecule has 0 radical (unpaired) electrons. The Labute approximate surface area is 117 Å². The van der Waals surface area contributed by atoms with Crippen LogP contribution in [0, 0.1) is 0 Å². The Hall–Kier alpha value is -2.18. The molecule has 1 amide bonds. The highest BCUT2D eigenvalue weighted by Crippen LogP contribution is 2.14. The van der Waals surface area contributed by atoms with E-state index in [2.05, 4.69) is 10.3 Å². The van der Waals surface area contributed by atoms with Gasteiger partial charge in [0, 0.05) is 37.4 Å². The van der Waals surface area contributed by atoms with Crippen molar-refractivity contribution in [3.63, 3.8) is 0 Å². The molecule has 1 heterocycles. The average molecular weight is 274 g/mol. The Morgan fingerprint density at radius 2 is 2.40 bits per heavy atom. The number of rotatable bonds is 6. The molecule has 0 aliphatic heterocycles. The number of benzene rings is 1. The van der Waals surface area contributed by atoms with Gasteiger partial charge in [0.2, 0.25) is 5.91 Å². The van der Waals surface area contributed by atoms with Crippen LogP contribution >= 0.6 is 0 Å². The fourth-order valence-corrected chi connectivity index (χ4v) is 1.84. The van der Waals surface area contributed by atoms with Crippen molar-refractivity contribution in [2.75, 3.05) is 19.0 Å². The highest BCUT2D eigenvalue weighted by Gasteiger charge is 2.11. The van der Waals surface area contributed by atoms with Gasteiger partial charge >= 0.3 is 0 Å². The van der Waals surface area contributed by atoms with Crippen molar-refractivity contribution in [2.45, 2.75) is 12.5 Å². The first-order chi connectivity index (χ1) is 9.72. The second-order valence-electron chi connectivity index (χ2n) is 4.37. The highest BCUT2D eigenvalue weighted by atomic mass is 16.5. The molecule has 2 rings (SSSR count). The quantitative estimate of drug-likeness (QED) is 0.828. The minimum atomic E-state index is -0.258. The molecule has 0 bridgehead atoms. The number of nitrogens with one attached hydrogen (secondary N) is 1. The largest absolute Gasteiger partial charge is 0.380 e. The van der Waals surface area contributed by atoms with Gasteiger partial charge in [-0.3, -0.25) is 4.79 Å². The monoisotopic (exact) mass is 274 g/mol. The zero-order chi connectivity index (χ0) is 14.4. The van der Waals surface area contributed by atoms with Crippen molar-refractivity contribution in [1.29, 1.82) is 0 Å². The summed E-state index contributed by atoms with van der Waals surface area (Å²) < 4.78 is 6.96. The summed E-state index contributed by atoms with van der Waals surface area (Å²) in [4.78, 5) is 15.9. The Morgan fingerprint density at radius 3 is 3.05 bits per heavy atom. The van der Waals surface area contributed by atoms with Crippen LogP contribution in [-0.2, 0) is 9.53 Å². The van der Waals surface area contributed by atoms with Gasteiger partial charge in [0.1, 0.15) is 0 Å². The lowest BCUT2D eigenvalue weighted by molar-refractivity contribution is -0.118. The number of methoxy groups -OCH3 is 1. The van der Waals surface area contributed by atoms with Crippen LogP contribution in [0.15, 0.2) is 43.0 Å². The molecule has 0 aliphatic carbocycles. The topological polar surface area (TPSA) is 82.2 Å². The number of hydrogen-bond acceptors (Lipinski definition) is 4. The van der Waals surface area contributed by atoms with Crippen molar-refractivity contribution < 1.29 is 9.53 Å². The summed E-state index contributed by atoms with van der Waals surface area (Å²) in [7, 11) is 1.55. The molecule has 6 heteroatoms. The number of carbonyl (C=O) groups excluding carboxylic acids is 1. The van der Waals surface area contributed by atoms with Crippen LogP contribution in [-0.4, -0.2) is 35.2 Å². The molecule has 0 fully saturated rings. The predicted molar refractivity (Wildman–Crippen MR) is 76.7 cm³/mol. The van der Waals surface area contributed by atoms with Gasteiger partial charge in [-0.2, -0.15) is 0 Å². The van der Waals surface area contributed by atoms with E-state index >= 15 is 0 Å². The summed E-state index contributed by atoms with van der Waals surface area (Å²) in [6.07, 6.45) is 5.23. The van der Waals surface area contributed by atoms with Crippen molar-refractivity contribution in [3.05, 3.63) is 43.0 Å². The number of nitrogens with two attached hydrogens (primary N) is 1. The first kappa shape index (κ1) is 14.2. The number of ether oxygens (including phenoxy) is 1. The third kappa shape index (κ3) is 3.66. The molecule has 6 nitrogen and oxygen atoms in total. The minimum absolute atomic E-state index is 0.120. The number of imidazole rings is 1.